The van der Waals surface area contributed by atoms with E-state index in [2.05, 4.69) is 325 Å². The van der Waals surface area contributed by atoms with Gasteiger partial charge in [0, 0.05) is 53.7 Å². The quantitative estimate of drug-likeness (QED) is 0.140. The lowest BCUT2D eigenvalue weighted by atomic mass is 9.69. The molecule has 0 N–H and O–H groups in total. The summed E-state index contributed by atoms with van der Waals surface area (Å²) in [6.45, 7) is 0. The zero-order chi connectivity index (χ0) is 58.3. The van der Waals surface area contributed by atoms with Crippen molar-refractivity contribution in [3.63, 3.8) is 0 Å². The number of rotatable bonds is 8. The Bertz CT molecular complexity index is 5700. The van der Waals surface area contributed by atoms with Crippen molar-refractivity contribution in [1.82, 2.24) is 0 Å². The molecule has 414 valence electrons. The third-order valence-electron chi connectivity index (χ3n) is 19.2. The van der Waals surface area contributed by atoms with E-state index in [1.165, 1.54) is 151 Å². The molecule has 2 aliphatic rings. The van der Waals surface area contributed by atoms with Crippen molar-refractivity contribution in [3.05, 3.63) is 338 Å². The normalized spacial score (nSPS) is 12.8. The molecule has 17 aromatic rings. The zero-order valence-corrected chi connectivity index (χ0v) is 49.9. The smallest absolute Gasteiger partial charge is 0.0731 e. The van der Waals surface area contributed by atoms with Crippen LogP contribution in [0.15, 0.2) is 315 Å². The largest absolute Gasteiger partial charge is 0.309 e. The highest BCUT2D eigenvalue weighted by molar-refractivity contribution is 7.26. The lowest BCUT2D eigenvalue weighted by molar-refractivity contribution is 0.803. The van der Waals surface area contributed by atoms with Crippen molar-refractivity contribution in [3.8, 4) is 44.5 Å². The molecule has 4 heteroatoms. The van der Waals surface area contributed by atoms with Gasteiger partial charge in [-0.05, 0) is 196 Å². The standard InChI is InChI=1S/C85H52N2S2/c1-3-19-59(20-4-1)86(77-33-17-29-70-66-26-11-15-35-79(66)88-83(70)77)61-44-39-53(40-45-61)55-37-38-57-51-73-76(52-58(57)49-55)85(74-31-13-9-24-64(74)65-25-10-14-32-75(65)85)82-69-48-43-56(50-72(69)63-23-7-8-28-68(63)81(73)82)54-41-46-62(47-42-54)87(60-21-5-2-6-22-60)78-34-18-30-71-67-27-12-16-36-80(67)89-84(71)78/h1-52H. The number of fused-ring (bicyclic) bond motifs is 22. The fourth-order valence-corrected chi connectivity index (χ4v) is 17.8. The summed E-state index contributed by atoms with van der Waals surface area (Å²) in [6, 6.07) is 118. The summed E-state index contributed by atoms with van der Waals surface area (Å²) < 4.78 is 5.17. The molecule has 0 unspecified atom stereocenters. The average Bonchev–Trinajstić information content (AvgIpc) is 1.50. The van der Waals surface area contributed by atoms with E-state index in [1.54, 1.807) is 0 Å². The van der Waals surface area contributed by atoms with Crippen molar-refractivity contribution in [1.29, 1.82) is 0 Å². The molecular formula is C85H52N2S2. The summed E-state index contributed by atoms with van der Waals surface area (Å²) in [5, 5.41) is 12.7. The summed E-state index contributed by atoms with van der Waals surface area (Å²) in [5.41, 5.74) is 21.6. The first-order chi connectivity index (χ1) is 44.1. The van der Waals surface area contributed by atoms with Gasteiger partial charge in [0.15, 0.2) is 0 Å². The van der Waals surface area contributed by atoms with Gasteiger partial charge in [0.05, 0.1) is 26.2 Å². The predicted molar refractivity (Wildman–Crippen MR) is 381 cm³/mol. The van der Waals surface area contributed by atoms with Gasteiger partial charge in [-0.1, -0.05) is 218 Å². The summed E-state index contributed by atoms with van der Waals surface area (Å²) in [4.78, 5) is 4.84. The number of hydrogen-bond donors (Lipinski definition) is 0. The Morgan fingerprint density at radius 2 is 0.697 bits per heavy atom. The molecule has 0 atom stereocenters. The molecule has 89 heavy (non-hydrogen) atoms. The lowest BCUT2D eigenvalue weighted by Gasteiger charge is -2.32. The number of para-hydroxylation sites is 2. The second-order valence-corrected chi connectivity index (χ2v) is 25.9. The average molecular weight is 1170 g/mol. The minimum atomic E-state index is -0.578. The van der Waals surface area contributed by atoms with E-state index in [4.69, 9.17) is 0 Å². The molecule has 1 spiro atoms. The molecule has 15 aromatic carbocycles. The van der Waals surface area contributed by atoms with Crippen LogP contribution in [-0.2, 0) is 5.41 Å². The Balaban J connectivity index is 0.753. The monoisotopic (exact) mass is 1160 g/mol. The van der Waals surface area contributed by atoms with Crippen LogP contribution in [-0.4, -0.2) is 0 Å². The first kappa shape index (κ1) is 50.3. The van der Waals surface area contributed by atoms with Crippen molar-refractivity contribution >= 4 is 129 Å². The second kappa shape index (κ2) is 19.6. The van der Waals surface area contributed by atoms with Crippen LogP contribution < -0.4 is 9.80 Å². The Kier molecular flexibility index (Phi) is 11.1. The molecule has 2 nitrogen and oxygen atoms in total. The first-order valence-corrected chi connectivity index (χ1v) is 32.3. The van der Waals surface area contributed by atoms with Crippen molar-refractivity contribution in [2.75, 3.05) is 9.80 Å². The molecule has 0 radical (unpaired) electrons. The number of thiophene rings is 2. The number of nitrogens with zero attached hydrogens (tertiary/aromatic N) is 2. The highest BCUT2D eigenvalue weighted by atomic mass is 32.1. The molecule has 0 bridgehead atoms. The third kappa shape index (κ3) is 7.42. The van der Waals surface area contributed by atoms with E-state index >= 15 is 0 Å². The van der Waals surface area contributed by atoms with E-state index in [1.807, 2.05) is 22.7 Å². The summed E-state index contributed by atoms with van der Waals surface area (Å²) in [7, 11) is 0. The van der Waals surface area contributed by atoms with Crippen LogP contribution in [0, 0.1) is 0 Å². The summed E-state index contributed by atoms with van der Waals surface area (Å²) in [5.74, 6) is 0. The van der Waals surface area contributed by atoms with E-state index in [-0.39, 0.29) is 0 Å². The molecule has 19 rings (SSSR count). The van der Waals surface area contributed by atoms with Gasteiger partial charge in [-0.15, -0.1) is 22.7 Å². The van der Waals surface area contributed by atoms with E-state index < -0.39 is 5.41 Å². The number of hydrogen-bond acceptors (Lipinski definition) is 4. The Morgan fingerprint density at radius 3 is 1.27 bits per heavy atom. The molecule has 2 aliphatic carbocycles. The summed E-state index contributed by atoms with van der Waals surface area (Å²) >= 11 is 3.74. The van der Waals surface area contributed by atoms with Gasteiger partial charge in [0.1, 0.15) is 0 Å². The van der Waals surface area contributed by atoms with Crippen molar-refractivity contribution in [2.45, 2.75) is 5.41 Å². The molecule has 2 heterocycles. The fraction of sp³-hybridized carbons (Fsp3) is 0.0118. The SMILES string of the molecule is c1ccc(N(c2ccc(-c3ccc4cc5c(cc4c3)C3(c4ccccc4-c4ccccc43)c3c-5c4ccccc4c4cc(-c5ccc(N(c6ccccc6)c6cccc7c6sc6ccccc67)cc5)ccc34)cc2)c2cccc3c2sc2ccccc23)cc1. The second-order valence-electron chi connectivity index (χ2n) is 23.8. The molecule has 0 saturated carbocycles. The zero-order valence-electron chi connectivity index (χ0n) is 48.2. The van der Waals surface area contributed by atoms with E-state index in [9.17, 15) is 0 Å². The van der Waals surface area contributed by atoms with E-state index in [0.29, 0.717) is 0 Å². The van der Waals surface area contributed by atoms with Crippen LogP contribution in [0.2, 0.25) is 0 Å². The molecule has 0 fully saturated rings. The van der Waals surface area contributed by atoms with Crippen molar-refractivity contribution < 1.29 is 0 Å². The van der Waals surface area contributed by atoms with Gasteiger partial charge in [0.2, 0.25) is 0 Å². The minimum absolute atomic E-state index is 0.578. The number of anilines is 6. The van der Waals surface area contributed by atoms with Gasteiger partial charge in [-0.2, -0.15) is 0 Å². The van der Waals surface area contributed by atoms with Crippen LogP contribution in [0.1, 0.15) is 22.3 Å². The molecule has 2 aromatic heterocycles. The Hall–Kier alpha value is -10.9. The highest BCUT2D eigenvalue weighted by Gasteiger charge is 2.53. The maximum Gasteiger partial charge on any atom is 0.0731 e. The van der Waals surface area contributed by atoms with E-state index in [0.717, 1.165) is 22.7 Å². The van der Waals surface area contributed by atoms with Gasteiger partial charge < -0.3 is 9.80 Å². The first-order valence-electron chi connectivity index (χ1n) is 30.6. The predicted octanol–water partition coefficient (Wildman–Crippen LogP) is 24.5. The Morgan fingerprint density at radius 1 is 0.247 bits per heavy atom. The van der Waals surface area contributed by atoms with Gasteiger partial charge >= 0.3 is 0 Å². The van der Waals surface area contributed by atoms with Gasteiger partial charge in [-0.3, -0.25) is 0 Å². The minimum Gasteiger partial charge on any atom is -0.309 e. The van der Waals surface area contributed by atoms with Gasteiger partial charge in [-0.25, -0.2) is 0 Å². The van der Waals surface area contributed by atoms with Crippen LogP contribution in [0.4, 0.5) is 34.1 Å². The highest BCUT2D eigenvalue weighted by Crippen LogP contribution is 2.66. The van der Waals surface area contributed by atoms with Crippen LogP contribution in [0.3, 0.4) is 0 Å². The maximum atomic E-state index is 2.56. The molecule has 0 saturated heterocycles. The van der Waals surface area contributed by atoms with Crippen LogP contribution in [0.5, 0.6) is 0 Å². The maximum absolute atomic E-state index is 2.56. The fourth-order valence-electron chi connectivity index (χ4n) is 15.4. The van der Waals surface area contributed by atoms with Crippen molar-refractivity contribution in [2.24, 2.45) is 0 Å². The topological polar surface area (TPSA) is 6.48 Å². The molecule has 0 aliphatic heterocycles. The molecular weight excluding hydrogens is 1110 g/mol. The van der Waals surface area contributed by atoms with Crippen LogP contribution in [0.25, 0.3) is 117 Å². The number of benzene rings is 15. The Labute approximate surface area is 523 Å². The lowest BCUT2D eigenvalue weighted by Crippen LogP contribution is -2.26. The third-order valence-corrected chi connectivity index (χ3v) is 21.6. The van der Waals surface area contributed by atoms with Gasteiger partial charge in [0.25, 0.3) is 0 Å². The molecule has 0 amide bonds. The summed E-state index contributed by atoms with van der Waals surface area (Å²) in [6.07, 6.45) is 0. The van der Waals surface area contributed by atoms with Crippen LogP contribution >= 0.6 is 22.7 Å².